The Morgan fingerprint density at radius 3 is 1.26 bits per heavy atom. The number of pyridine rings is 5. The molecule has 0 radical (unpaired) electrons. The number of nitrogens with zero attached hydrogens (tertiary/aromatic N) is 7. The summed E-state index contributed by atoms with van der Waals surface area (Å²) in [6, 6.07) is 33.2. The SMILES string of the molecule is COC(=O)CC(c1cnc2ccccc2c1)C1CCN(C(=O)CCCc2ccc3c(n2)CCCC3)CC1.O=C(O)CC(c1cnc2ccccc2c1)C1CCN(C(=O)CCCc2ccc3c(n2)CCCC3)CC1.O=C(O)CCCc1ccc2c(n1)CCCC2. The number of benzene rings is 2. The molecule has 0 spiro atoms. The van der Waals surface area contributed by atoms with Gasteiger partial charge in [-0.25, -0.2) is 0 Å². The number of carboxylic acids is 2. The number of hydrogen-bond donors (Lipinski definition) is 2. The Kier molecular flexibility index (Phi) is 23.0. The number of piperidine rings is 2. The van der Waals surface area contributed by atoms with E-state index in [1.807, 2.05) is 70.7 Å². The number of amides is 2. The maximum absolute atomic E-state index is 13.0. The van der Waals surface area contributed by atoms with Gasteiger partial charge in [0.05, 0.1) is 31.0 Å². The van der Waals surface area contributed by atoms with Crippen molar-refractivity contribution in [3.63, 3.8) is 0 Å². The Hall–Kier alpha value is -7.94. The van der Waals surface area contributed by atoms with Gasteiger partial charge in [0.15, 0.2) is 0 Å². The normalized spacial score (nSPS) is 16.5. The first-order valence-electron chi connectivity index (χ1n) is 33.1. The number of para-hydroxylation sites is 2. The van der Waals surface area contributed by atoms with Gasteiger partial charge in [0.25, 0.3) is 0 Å². The lowest BCUT2D eigenvalue weighted by atomic mass is 9.78. The van der Waals surface area contributed by atoms with Gasteiger partial charge in [-0.05, 0) is 235 Å². The van der Waals surface area contributed by atoms with E-state index in [0.717, 1.165) is 159 Å². The summed E-state index contributed by atoms with van der Waals surface area (Å²) in [5.41, 5.74) is 15.1. The molecular weight excluding hydrogens is 1110 g/mol. The highest BCUT2D eigenvalue weighted by Gasteiger charge is 2.33. The molecule has 2 unspecified atom stereocenters. The van der Waals surface area contributed by atoms with Crippen LogP contribution in [0.25, 0.3) is 21.8 Å². The molecule has 7 heterocycles. The van der Waals surface area contributed by atoms with Crippen LogP contribution in [0.2, 0.25) is 0 Å². The summed E-state index contributed by atoms with van der Waals surface area (Å²) < 4.78 is 5.02. The summed E-state index contributed by atoms with van der Waals surface area (Å²) in [7, 11) is 1.44. The van der Waals surface area contributed by atoms with Crippen molar-refractivity contribution in [2.75, 3.05) is 33.3 Å². The Morgan fingerprint density at radius 2 is 0.865 bits per heavy atom. The van der Waals surface area contributed by atoms with E-state index < -0.39 is 11.9 Å². The zero-order valence-electron chi connectivity index (χ0n) is 52.1. The smallest absolute Gasteiger partial charge is 0.306 e. The summed E-state index contributed by atoms with van der Waals surface area (Å²) in [6.45, 7) is 2.86. The van der Waals surface area contributed by atoms with Crippen LogP contribution < -0.4 is 0 Å². The number of carbonyl (C=O) groups excluding carboxylic acids is 3. The highest BCUT2D eigenvalue weighted by molar-refractivity contribution is 5.81. The first-order chi connectivity index (χ1) is 43.4. The first-order valence-corrected chi connectivity index (χ1v) is 33.1. The molecule has 15 nitrogen and oxygen atoms in total. The van der Waals surface area contributed by atoms with Gasteiger partial charge in [0.1, 0.15) is 0 Å². The number of aryl methyl sites for hydroxylation is 9. The molecule has 2 amide bonds. The minimum absolute atomic E-state index is 0.0388. The molecular formula is C74H89N7O8. The molecule has 2 N–H and O–H groups in total. The number of hydrogen-bond acceptors (Lipinski definition) is 11. The fourth-order valence-corrected chi connectivity index (χ4v) is 14.1. The average molecular weight is 1200 g/mol. The summed E-state index contributed by atoms with van der Waals surface area (Å²) >= 11 is 0. The molecule has 2 fully saturated rings. The van der Waals surface area contributed by atoms with Crippen LogP contribution in [0.15, 0.2) is 109 Å². The fraction of sp³-hybridized carbons (Fsp3) is 0.486. The van der Waals surface area contributed by atoms with Crippen LogP contribution in [-0.2, 0) is 86.5 Å². The van der Waals surface area contributed by atoms with Gasteiger partial charge < -0.3 is 24.7 Å². The van der Waals surface area contributed by atoms with Gasteiger partial charge in [-0.1, -0.05) is 54.6 Å². The molecule has 3 aliphatic carbocycles. The fourth-order valence-electron chi connectivity index (χ4n) is 14.1. The lowest BCUT2D eigenvalue weighted by molar-refractivity contribution is -0.142. The minimum atomic E-state index is -0.789. The molecule has 89 heavy (non-hydrogen) atoms. The van der Waals surface area contributed by atoms with E-state index in [2.05, 4.69) is 63.5 Å². The largest absolute Gasteiger partial charge is 0.481 e. The molecule has 7 aromatic rings. The van der Waals surface area contributed by atoms with Crippen molar-refractivity contribution in [2.24, 2.45) is 11.8 Å². The Balaban J connectivity index is 0.000000158. The molecule has 5 aromatic heterocycles. The van der Waals surface area contributed by atoms with E-state index in [9.17, 15) is 29.1 Å². The van der Waals surface area contributed by atoms with Gasteiger partial charge in [-0.15, -0.1) is 0 Å². The molecule has 5 aliphatic rings. The number of aliphatic carboxylic acids is 2. The lowest BCUT2D eigenvalue weighted by Gasteiger charge is -2.36. The molecule has 12 rings (SSSR count). The Morgan fingerprint density at radius 1 is 0.483 bits per heavy atom. The van der Waals surface area contributed by atoms with E-state index in [4.69, 9.17) is 19.8 Å². The van der Waals surface area contributed by atoms with Crippen molar-refractivity contribution >= 4 is 51.5 Å². The van der Waals surface area contributed by atoms with Crippen LogP contribution in [0.5, 0.6) is 0 Å². The quantitative estimate of drug-likeness (QED) is 0.0682. The summed E-state index contributed by atoms with van der Waals surface area (Å²) in [5.74, 6) is -0.794. The lowest BCUT2D eigenvalue weighted by Crippen LogP contribution is -2.40. The van der Waals surface area contributed by atoms with Gasteiger partial charge >= 0.3 is 17.9 Å². The van der Waals surface area contributed by atoms with Crippen LogP contribution in [0.1, 0.15) is 189 Å². The average Bonchev–Trinajstić information content (AvgIpc) is 1.54. The Labute approximate surface area is 524 Å². The maximum Gasteiger partial charge on any atom is 0.306 e. The van der Waals surface area contributed by atoms with Crippen molar-refractivity contribution in [3.8, 4) is 0 Å². The first kappa shape index (κ1) is 64.1. The predicted octanol–water partition coefficient (Wildman–Crippen LogP) is 13.1. The highest BCUT2D eigenvalue weighted by atomic mass is 16.5. The molecule has 468 valence electrons. The van der Waals surface area contributed by atoms with Crippen molar-refractivity contribution in [3.05, 3.63) is 171 Å². The van der Waals surface area contributed by atoms with E-state index in [-0.39, 0.29) is 48.4 Å². The molecule has 0 saturated carbocycles. The van der Waals surface area contributed by atoms with Crippen molar-refractivity contribution in [1.29, 1.82) is 0 Å². The monoisotopic (exact) mass is 1200 g/mol. The third kappa shape index (κ3) is 18.1. The molecule has 0 bridgehead atoms. The van der Waals surface area contributed by atoms with Gasteiger partial charge in [-0.3, -0.25) is 48.9 Å². The van der Waals surface area contributed by atoms with E-state index >= 15 is 0 Å². The number of likely N-dealkylation sites (tertiary alicyclic amines) is 2. The molecule has 2 atom stereocenters. The number of fused-ring (bicyclic) bond motifs is 5. The third-order valence-corrected chi connectivity index (χ3v) is 19.2. The molecule has 15 heteroatoms. The zero-order valence-corrected chi connectivity index (χ0v) is 52.1. The molecule has 2 aliphatic heterocycles. The number of carboxylic acid groups (broad SMARTS) is 2. The van der Waals surface area contributed by atoms with Crippen molar-refractivity contribution in [2.45, 2.75) is 185 Å². The van der Waals surface area contributed by atoms with E-state index in [1.54, 1.807) is 0 Å². The van der Waals surface area contributed by atoms with E-state index in [0.29, 0.717) is 44.7 Å². The van der Waals surface area contributed by atoms with Crippen molar-refractivity contribution in [1.82, 2.24) is 34.7 Å². The van der Waals surface area contributed by atoms with Crippen LogP contribution in [0.3, 0.4) is 0 Å². The second kappa shape index (κ2) is 32.0. The van der Waals surface area contributed by atoms with Gasteiger partial charge in [-0.2, -0.15) is 0 Å². The second-order valence-corrected chi connectivity index (χ2v) is 25.3. The maximum atomic E-state index is 13.0. The van der Waals surface area contributed by atoms with Crippen LogP contribution >= 0.6 is 0 Å². The zero-order chi connectivity index (χ0) is 61.9. The predicted molar refractivity (Wildman–Crippen MR) is 346 cm³/mol. The molecule has 2 saturated heterocycles. The number of carbonyl (C=O) groups is 5. The van der Waals surface area contributed by atoms with E-state index in [1.165, 1.54) is 79.4 Å². The topological polar surface area (TPSA) is 206 Å². The van der Waals surface area contributed by atoms with Gasteiger partial charge in [0, 0.05) is 103 Å². The van der Waals surface area contributed by atoms with Gasteiger partial charge in [0.2, 0.25) is 11.8 Å². The number of rotatable bonds is 20. The van der Waals surface area contributed by atoms with Crippen molar-refractivity contribution < 1.29 is 38.9 Å². The summed E-state index contributed by atoms with van der Waals surface area (Å²) in [5, 5.41) is 20.3. The minimum Gasteiger partial charge on any atom is -0.481 e. The Bertz CT molecular complexity index is 3550. The summed E-state index contributed by atoms with van der Waals surface area (Å²) in [4.78, 5) is 87.7. The summed E-state index contributed by atoms with van der Waals surface area (Å²) in [6.07, 6.45) is 27.9. The second-order valence-electron chi connectivity index (χ2n) is 25.3. The third-order valence-electron chi connectivity index (χ3n) is 19.2. The van der Waals surface area contributed by atoms with Crippen LogP contribution in [0, 0.1) is 11.8 Å². The number of methoxy groups -OCH3 is 1. The van der Waals surface area contributed by atoms with Crippen LogP contribution in [0.4, 0.5) is 0 Å². The number of ether oxygens (including phenoxy) is 1. The highest BCUT2D eigenvalue weighted by Crippen LogP contribution is 2.38. The number of aromatic nitrogens is 5. The van der Waals surface area contributed by atoms with Crippen LogP contribution in [-0.4, -0.2) is 108 Å². The number of esters is 1. The molecule has 2 aromatic carbocycles. The standard InChI is InChI=1S/C31H37N3O3.C30H35N3O3.C13H17NO2/c1-37-31(36)20-27(25-19-24-8-3-4-10-28(24)32-21-25)22-15-17-34(18-16-22)30(35)12-6-9-26-14-13-23-7-2-5-11-29(23)33-26;34-29(11-5-8-25-13-12-22-6-1-4-10-28(22)32-25)33-16-14-21(15-17-33)26(19-30(35)36)24-18-23-7-2-3-9-27(23)31-20-24;15-13(16)7-3-5-11-9-8-10-4-1-2-6-12(10)14-11/h3-4,8,10,13-14,19,21-22,27H,2,5-7,9,11-12,15-18,20H2,1H3;2-3,7,9,12-13,18,20-21,26H,1,4-6,8,10-11,14-17,19H2,(H,35,36);8-9H,1-7H2,(H,15,16).